The maximum Gasteiger partial charge on any atom is 0.173 e. The lowest BCUT2D eigenvalue weighted by Gasteiger charge is -2.04. The lowest BCUT2D eigenvalue weighted by atomic mass is 9.98. The topological polar surface area (TPSA) is 13.1 Å². The van der Waals surface area contributed by atoms with Crippen molar-refractivity contribution in [3.8, 4) is 0 Å². The van der Waals surface area contributed by atoms with Gasteiger partial charge in [0.25, 0.3) is 0 Å². The smallest absolute Gasteiger partial charge is 0.173 e. The molecule has 1 heteroatoms. The molecular weight excluding hydrogens is 208 g/mol. The largest absolute Gasteiger partial charge is 0.457 e. The fourth-order valence-electron chi connectivity index (χ4n) is 2.15. The van der Waals surface area contributed by atoms with Crippen LogP contribution in [0.4, 0.5) is 0 Å². The highest BCUT2D eigenvalue weighted by molar-refractivity contribution is 5.28. The van der Waals surface area contributed by atoms with Crippen LogP contribution >= 0.6 is 0 Å². The van der Waals surface area contributed by atoms with Crippen molar-refractivity contribution < 1.29 is 4.42 Å². The molecule has 1 aromatic heterocycles. The van der Waals surface area contributed by atoms with Gasteiger partial charge in [-0.05, 0) is 37.7 Å². The first kappa shape index (κ1) is 14.3. The Hall–Kier alpha value is -0.720. The summed E-state index contributed by atoms with van der Waals surface area (Å²) in [5.74, 6) is 1.21. The maximum absolute atomic E-state index is 5.67. The zero-order valence-corrected chi connectivity index (χ0v) is 11.8. The van der Waals surface area contributed by atoms with Gasteiger partial charge in [0.05, 0.1) is 0 Å². The van der Waals surface area contributed by atoms with E-state index in [4.69, 9.17) is 4.42 Å². The number of unbranched alkanes of at least 4 members (excludes halogenated alkanes) is 3. The van der Waals surface area contributed by atoms with Gasteiger partial charge < -0.3 is 4.42 Å². The zero-order valence-electron chi connectivity index (χ0n) is 11.8. The molecule has 0 unspecified atom stereocenters. The quantitative estimate of drug-likeness (QED) is 0.580. The predicted octanol–water partition coefficient (Wildman–Crippen LogP) is 5.11. The Morgan fingerprint density at radius 1 is 0.824 bits per heavy atom. The number of aryl methyl sites for hydroxylation is 2. The van der Waals surface area contributed by atoms with Gasteiger partial charge in [0.15, 0.2) is 6.26 Å². The monoisotopic (exact) mass is 235 g/mol. The van der Waals surface area contributed by atoms with Crippen molar-refractivity contribution >= 4 is 0 Å². The Labute approximate surface area is 107 Å². The summed E-state index contributed by atoms with van der Waals surface area (Å²) in [6, 6.07) is 0. The van der Waals surface area contributed by atoms with Gasteiger partial charge in [-0.3, -0.25) is 0 Å². The van der Waals surface area contributed by atoms with Crippen molar-refractivity contribution in [1.82, 2.24) is 0 Å². The van der Waals surface area contributed by atoms with Crippen LogP contribution in [-0.4, -0.2) is 0 Å². The predicted molar refractivity (Wildman–Crippen MR) is 73.4 cm³/mol. The van der Waals surface area contributed by atoms with E-state index in [9.17, 15) is 0 Å². The number of hydrogen-bond acceptors (Lipinski definition) is 1. The average molecular weight is 235 g/mol. The molecule has 0 aromatic carbocycles. The molecule has 0 aliphatic rings. The fourth-order valence-corrected chi connectivity index (χ4v) is 2.15. The lowest BCUT2D eigenvalue weighted by Crippen LogP contribution is -1.95. The zero-order chi connectivity index (χ0) is 12.5. The Kier molecular flexibility index (Phi) is 7.07. The molecule has 0 spiro atoms. The third-order valence-corrected chi connectivity index (χ3v) is 3.32. The summed E-state index contributed by atoms with van der Waals surface area (Å²) in [7, 11) is 0. The summed E-state index contributed by atoms with van der Waals surface area (Å²) in [6.07, 6.45) is 14.1. The summed E-state index contributed by atoms with van der Waals surface area (Å²) in [6.45, 7) is 6.72. The molecule has 17 heavy (non-hydrogen) atoms. The number of furan rings is 1. The highest BCUT2D eigenvalue weighted by Crippen LogP contribution is 2.23. The SMILES string of the molecule is CCCCc1[c]oc(CCCC)c1CCCC. The molecule has 0 saturated heterocycles. The first-order valence-corrected chi connectivity index (χ1v) is 7.34. The Morgan fingerprint density at radius 3 is 2.06 bits per heavy atom. The minimum Gasteiger partial charge on any atom is -0.457 e. The molecule has 0 bridgehead atoms. The molecule has 0 aliphatic heterocycles. The third kappa shape index (κ3) is 4.57. The van der Waals surface area contributed by atoms with Gasteiger partial charge in [-0.15, -0.1) is 0 Å². The van der Waals surface area contributed by atoms with Crippen LogP contribution in [0.15, 0.2) is 4.42 Å². The lowest BCUT2D eigenvalue weighted by molar-refractivity contribution is 0.486. The maximum atomic E-state index is 5.67. The van der Waals surface area contributed by atoms with Crippen molar-refractivity contribution in [3.05, 3.63) is 23.2 Å². The van der Waals surface area contributed by atoms with Crippen molar-refractivity contribution in [2.75, 3.05) is 0 Å². The van der Waals surface area contributed by atoms with Crippen LogP contribution in [0.1, 0.15) is 76.2 Å². The fraction of sp³-hybridized carbons (Fsp3) is 0.750. The van der Waals surface area contributed by atoms with Crippen LogP contribution in [-0.2, 0) is 19.3 Å². The summed E-state index contributed by atoms with van der Waals surface area (Å²) in [4.78, 5) is 0. The Balaban J connectivity index is 2.70. The van der Waals surface area contributed by atoms with Gasteiger partial charge in [0.2, 0.25) is 0 Å². The molecular formula is C16H27O. The van der Waals surface area contributed by atoms with E-state index in [1.54, 1.807) is 0 Å². The first-order valence-electron chi connectivity index (χ1n) is 7.34. The second-order valence-corrected chi connectivity index (χ2v) is 4.90. The van der Waals surface area contributed by atoms with Crippen molar-refractivity contribution in [2.45, 2.75) is 78.6 Å². The second kappa shape index (κ2) is 8.38. The van der Waals surface area contributed by atoms with Gasteiger partial charge in [0.1, 0.15) is 5.76 Å². The molecule has 1 rings (SSSR count). The van der Waals surface area contributed by atoms with E-state index in [0.29, 0.717) is 0 Å². The van der Waals surface area contributed by atoms with Gasteiger partial charge in [-0.2, -0.15) is 0 Å². The highest BCUT2D eigenvalue weighted by atomic mass is 16.3. The third-order valence-electron chi connectivity index (χ3n) is 3.32. The van der Waals surface area contributed by atoms with E-state index in [-0.39, 0.29) is 0 Å². The molecule has 1 heterocycles. The molecule has 1 radical (unpaired) electrons. The molecule has 0 atom stereocenters. The summed E-state index contributed by atoms with van der Waals surface area (Å²) in [5, 5.41) is 0. The molecule has 1 aromatic rings. The van der Waals surface area contributed by atoms with Crippen molar-refractivity contribution in [1.29, 1.82) is 0 Å². The van der Waals surface area contributed by atoms with Crippen LogP contribution in [0, 0.1) is 6.26 Å². The van der Waals surface area contributed by atoms with Gasteiger partial charge in [-0.1, -0.05) is 40.0 Å². The number of hydrogen-bond donors (Lipinski definition) is 0. The molecule has 97 valence electrons. The Bertz CT molecular complexity index is 273. The average Bonchev–Trinajstić information content (AvgIpc) is 2.73. The molecule has 0 fully saturated rings. The second-order valence-electron chi connectivity index (χ2n) is 4.90. The molecule has 0 N–H and O–H groups in total. The molecule has 0 saturated carbocycles. The van der Waals surface area contributed by atoms with E-state index in [1.807, 2.05) is 0 Å². The van der Waals surface area contributed by atoms with E-state index in [1.165, 1.54) is 61.8 Å². The minimum absolute atomic E-state index is 1.10. The van der Waals surface area contributed by atoms with Crippen LogP contribution in [0.25, 0.3) is 0 Å². The van der Waals surface area contributed by atoms with Crippen LogP contribution in [0.3, 0.4) is 0 Å². The van der Waals surface area contributed by atoms with E-state index in [0.717, 1.165) is 12.8 Å². The molecule has 0 amide bonds. The van der Waals surface area contributed by atoms with E-state index >= 15 is 0 Å². The number of rotatable bonds is 9. The van der Waals surface area contributed by atoms with Crippen molar-refractivity contribution in [3.63, 3.8) is 0 Å². The van der Waals surface area contributed by atoms with E-state index in [2.05, 4.69) is 27.0 Å². The minimum atomic E-state index is 1.10. The van der Waals surface area contributed by atoms with Crippen LogP contribution in [0.5, 0.6) is 0 Å². The van der Waals surface area contributed by atoms with Gasteiger partial charge in [0, 0.05) is 12.0 Å². The summed E-state index contributed by atoms with van der Waals surface area (Å²) in [5.41, 5.74) is 2.83. The standard InChI is InChI=1S/C16H27O/c1-4-7-10-14-13-17-16(12-9-6-3)15(14)11-8-5-2/h4-12H2,1-3H3. The first-order chi connectivity index (χ1) is 8.33. The van der Waals surface area contributed by atoms with E-state index < -0.39 is 0 Å². The van der Waals surface area contributed by atoms with Crippen molar-refractivity contribution in [2.24, 2.45) is 0 Å². The highest BCUT2D eigenvalue weighted by Gasteiger charge is 2.13. The summed E-state index contributed by atoms with van der Waals surface area (Å²) >= 11 is 0. The van der Waals surface area contributed by atoms with Crippen LogP contribution in [0.2, 0.25) is 0 Å². The van der Waals surface area contributed by atoms with Gasteiger partial charge in [-0.25, -0.2) is 0 Å². The Morgan fingerprint density at radius 2 is 1.41 bits per heavy atom. The molecule has 0 aliphatic carbocycles. The van der Waals surface area contributed by atoms with Gasteiger partial charge >= 0.3 is 0 Å². The summed E-state index contributed by atoms with van der Waals surface area (Å²) < 4.78 is 5.67. The van der Waals surface area contributed by atoms with Crippen LogP contribution < -0.4 is 0 Å². The molecule has 1 nitrogen and oxygen atoms in total. The normalized spacial score (nSPS) is 11.0.